The molecule has 0 aromatic heterocycles. The lowest BCUT2D eigenvalue weighted by atomic mass is 9.87. The minimum atomic E-state index is -3.30. The molecule has 208 valence electrons. The lowest BCUT2D eigenvalue weighted by Gasteiger charge is -2.40. The van der Waals surface area contributed by atoms with Gasteiger partial charge in [-0.05, 0) is 74.1 Å². The molecule has 1 N–H and O–H groups in total. The second-order valence-corrected chi connectivity index (χ2v) is 12.6. The number of piperidine rings is 1. The van der Waals surface area contributed by atoms with Crippen molar-refractivity contribution in [3.63, 3.8) is 0 Å². The molecule has 2 aromatic carbocycles. The fourth-order valence-electron chi connectivity index (χ4n) is 5.64. The summed E-state index contributed by atoms with van der Waals surface area (Å²) in [6.07, 6.45) is 11.3. The van der Waals surface area contributed by atoms with E-state index in [1.807, 2.05) is 12.1 Å². The van der Waals surface area contributed by atoms with E-state index in [0.717, 1.165) is 76.7 Å². The first-order valence-electron chi connectivity index (χ1n) is 14.2. The first-order valence-corrected chi connectivity index (χ1v) is 16.1. The molecule has 1 heterocycles. The van der Waals surface area contributed by atoms with E-state index in [9.17, 15) is 13.2 Å². The standard InChI is InChI=1S/C30H43N3O4S/c1-3-4-20-33(30(34)25-8-6-5-7-9-25)27-18-21-32(22-19-27)23-24-10-14-28(15-11-24)37-29-16-12-26(13-17-29)31-38(2,35)36/h10-17,25,27,31H,3-9,18-23H2,1-2H3. The topological polar surface area (TPSA) is 79.0 Å². The van der Waals surface area contributed by atoms with Crippen LogP contribution in [0.25, 0.3) is 0 Å². The third-order valence-electron chi connectivity index (χ3n) is 7.71. The fourth-order valence-corrected chi connectivity index (χ4v) is 6.20. The number of ether oxygens (including phenoxy) is 1. The molecule has 1 saturated carbocycles. The predicted molar refractivity (Wildman–Crippen MR) is 153 cm³/mol. The Bertz CT molecular complexity index is 1120. The highest BCUT2D eigenvalue weighted by Crippen LogP contribution is 2.29. The first-order chi connectivity index (χ1) is 18.3. The van der Waals surface area contributed by atoms with Gasteiger partial charge in [0.05, 0.1) is 6.26 Å². The quantitative estimate of drug-likeness (QED) is 0.376. The van der Waals surface area contributed by atoms with Crippen molar-refractivity contribution in [3.05, 3.63) is 54.1 Å². The summed E-state index contributed by atoms with van der Waals surface area (Å²) >= 11 is 0. The Morgan fingerprint density at radius 1 is 0.947 bits per heavy atom. The van der Waals surface area contributed by atoms with Crippen molar-refractivity contribution >= 4 is 21.6 Å². The Kier molecular flexibility index (Phi) is 10.1. The summed E-state index contributed by atoms with van der Waals surface area (Å²) in [5, 5.41) is 0. The van der Waals surface area contributed by atoms with E-state index in [-0.39, 0.29) is 5.92 Å². The second-order valence-electron chi connectivity index (χ2n) is 10.9. The van der Waals surface area contributed by atoms with Crippen LogP contribution in [0, 0.1) is 5.92 Å². The fraction of sp³-hybridized carbons (Fsp3) is 0.567. The molecule has 2 aliphatic rings. The molecule has 38 heavy (non-hydrogen) atoms. The number of amides is 1. The molecule has 0 spiro atoms. The maximum atomic E-state index is 13.4. The molecule has 2 fully saturated rings. The van der Waals surface area contributed by atoms with Gasteiger partial charge >= 0.3 is 0 Å². The largest absolute Gasteiger partial charge is 0.457 e. The lowest BCUT2D eigenvalue weighted by Crippen LogP contribution is -2.49. The number of hydrogen-bond donors (Lipinski definition) is 1. The molecule has 1 saturated heterocycles. The molecule has 0 radical (unpaired) electrons. The molecule has 0 unspecified atom stereocenters. The van der Waals surface area contributed by atoms with Crippen LogP contribution in [0.2, 0.25) is 0 Å². The van der Waals surface area contributed by atoms with Crippen molar-refractivity contribution in [2.45, 2.75) is 77.3 Å². The van der Waals surface area contributed by atoms with Gasteiger partial charge in [-0.25, -0.2) is 8.42 Å². The highest BCUT2D eigenvalue weighted by atomic mass is 32.2. The van der Waals surface area contributed by atoms with E-state index in [0.29, 0.717) is 23.4 Å². The van der Waals surface area contributed by atoms with Crippen molar-refractivity contribution in [2.75, 3.05) is 30.6 Å². The van der Waals surface area contributed by atoms with Crippen molar-refractivity contribution < 1.29 is 17.9 Å². The Balaban J connectivity index is 1.26. The van der Waals surface area contributed by atoms with E-state index in [1.54, 1.807) is 24.3 Å². The highest BCUT2D eigenvalue weighted by molar-refractivity contribution is 7.92. The third kappa shape index (κ3) is 8.46. The number of anilines is 1. The Morgan fingerprint density at radius 3 is 2.13 bits per heavy atom. The van der Waals surface area contributed by atoms with E-state index < -0.39 is 10.0 Å². The number of hydrogen-bond acceptors (Lipinski definition) is 5. The molecule has 1 aliphatic carbocycles. The summed E-state index contributed by atoms with van der Waals surface area (Å²) in [4.78, 5) is 18.1. The van der Waals surface area contributed by atoms with Gasteiger partial charge in [-0.1, -0.05) is 44.7 Å². The molecule has 0 bridgehead atoms. The molecule has 0 atom stereocenters. The van der Waals surface area contributed by atoms with Crippen molar-refractivity contribution in [1.82, 2.24) is 9.80 Å². The van der Waals surface area contributed by atoms with Gasteiger partial charge in [0, 0.05) is 43.8 Å². The molecule has 1 aliphatic heterocycles. The van der Waals surface area contributed by atoms with Crippen LogP contribution in [0.3, 0.4) is 0 Å². The number of nitrogens with one attached hydrogen (secondary N) is 1. The highest BCUT2D eigenvalue weighted by Gasteiger charge is 2.32. The maximum absolute atomic E-state index is 13.4. The summed E-state index contributed by atoms with van der Waals surface area (Å²) in [6.45, 7) is 6.03. The Labute approximate surface area is 228 Å². The van der Waals surface area contributed by atoms with Gasteiger partial charge in [-0.3, -0.25) is 14.4 Å². The van der Waals surface area contributed by atoms with Crippen molar-refractivity contribution in [2.24, 2.45) is 5.92 Å². The molecular weight excluding hydrogens is 498 g/mol. The number of nitrogens with zero attached hydrogens (tertiary/aromatic N) is 2. The van der Waals surface area contributed by atoms with Gasteiger partial charge in [-0.2, -0.15) is 0 Å². The predicted octanol–water partition coefficient (Wildman–Crippen LogP) is 6.02. The minimum Gasteiger partial charge on any atom is -0.457 e. The molecule has 7 nitrogen and oxygen atoms in total. The Hall–Kier alpha value is -2.58. The van der Waals surface area contributed by atoms with Crippen LogP contribution >= 0.6 is 0 Å². The normalized spacial score (nSPS) is 17.7. The number of sulfonamides is 1. The number of unbranched alkanes of at least 4 members (excludes halogenated alkanes) is 1. The average molecular weight is 542 g/mol. The van der Waals surface area contributed by atoms with Crippen LogP contribution in [0.1, 0.15) is 70.3 Å². The van der Waals surface area contributed by atoms with Crippen LogP contribution in [-0.2, 0) is 21.4 Å². The molecule has 2 aromatic rings. The summed E-state index contributed by atoms with van der Waals surface area (Å²) in [5.74, 6) is 2.06. The molecule has 4 rings (SSSR count). The zero-order valence-corrected chi connectivity index (χ0v) is 23.7. The number of carbonyl (C=O) groups is 1. The first kappa shape index (κ1) is 28.4. The van der Waals surface area contributed by atoms with Crippen LogP contribution in [-0.4, -0.2) is 56.1 Å². The summed E-state index contributed by atoms with van der Waals surface area (Å²) in [5.41, 5.74) is 1.75. The summed E-state index contributed by atoms with van der Waals surface area (Å²) in [7, 11) is -3.30. The van der Waals surface area contributed by atoms with Crippen molar-refractivity contribution in [1.29, 1.82) is 0 Å². The summed E-state index contributed by atoms with van der Waals surface area (Å²) in [6, 6.07) is 15.4. The second kappa shape index (κ2) is 13.5. The number of benzene rings is 2. The zero-order valence-electron chi connectivity index (χ0n) is 22.9. The van der Waals surface area contributed by atoms with Crippen LogP contribution < -0.4 is 9.46 Å². The minimum absolute atomic E-state index is 0.251. The lowest BCUT2D eigenvalue weighted by molar-refractivity contribution is -0.140. The van der Waals surface area contributed by atoms with Crippen LogP contribution in [0.5, 0.6) is 11.5 Å². The average Bonchev–Trinajstić information content (AvgIpc) is 2.91. The molecule has 8 heteroatoms. The van der Waals surface area contributed by atoms with Gasteiger partial charge < -0.3 is 9.64 Å². The number of carbonyl (C=O) groups excluding carboxylic acids is 1. The van der Waals surface area contributed by atoms with Gasteiger partial charge in [-0.15, -0.1) is 0 Å². The Morgan fingerprint density at radius 2 is 1.55 bits per heavy atom. The molecule has 1 amide bonds. The third-order valence-corrected chi connectivity index (χ3v) is 8.32. The SMILES string of the molecule is CCCCN(C(=O)C1CCCCC1)C1CCN(Cc2ccc(Oc3ccc(NS(C)(=O)=O)cc3)cc2)CC1. The van der Waals surface area contributed by atoms with E-state index in [4.69, 9.17) is 4.74 Å². The zero-order chi connectivity index (χ0) is 27.0. The van der Waals surface area contributed by atoms with Gasteiger partial charge in [0.15, 0.2) is 0 Å². The van der Waals surface area contributed by atoms with E-state index >= 15 is 0 Å². The summed E-state index contributed by atoms with van der Waals surface area (Å²) < 4.78 is 31.1. The van der Waals surface area contributed by atoms with E-state index in [1.165, 1.54) is 24.8 Å². The van der Waals surface area contributed by atoms with Crippen LogP contribution in [0.15, 0.2) is 48.5 Å². The van der Waals surface area contributed by atoms with Gasteiger partial charge in [0.1, 0.15) is 11.5 Å². The molecular formula is C30H43N3O4S. The number of likely N-dealkylation sites (tertiary alicyclic amines) is 1. The van der Waals surface area contributed by atoms with Gasteiger partial charge in [0.2, 0.25) is 15.9 Å². The number of rotatable bonds is 11. The van der Waals surface area contributed by atoms with Gasteiger partial charge in [0.25, 0.3) is 0 Å². The van der Waals surface area contributed by atoms with Crippen molar-refractivity contribution in [3.8, 4) is 11.5 Å². The monoisotopic (exact) mass is 541 g/mol. The van der Waals surface area contributed by atoms with E-state index in [2.05, 4.69) is 33.6 Å². The smallest absolute Gasteiger partial charge is 0.229 e. The van der Waals surface area contributed by atoms with Crippen LogP contribution in [0.4, 0.5) is 5.69 Å². The maximum Gasteiger partial charge on any atom is 0.229 e.